The van der Waals surface area contributed by atoms with Crippen molar-refractivity contribution < 1.29 is 4.74 Å². The molecule has 1 aromatic rings. The van der Waals surface area contributed by atoms with Gasteiger partial charge < -0.3 is 15.4 Å². The van der Waals surface area contributed by atoms with Crippen LogP contribution >= 0.6 is 0 Å². The van der Waals surface area contributed by atoms with E-state index in [0.717, 1.165) is 30.0 Å². The number of methoxy groups -OCH3 is 1. The normalized spacial score (nSPS) is 11.7. The fourth-order valence-electron chi connectivity index (χ4n) is 2.11. The van der Waals surface area contributed by atoms with E-state index in [0.29, 0.717) is 6.54 Å². The number of nitrogens with two attached hydrogens (primary N) is 1. The van der Waals surface area contributed by atoms with Crippen LogP contribution in [-0.2, 0) is 0 Å². The second kappa shape index (κ2) is 6.93. The molecule has 0 saturated carbocycles. The summed E-state index contributed by atoms with van der Waals surface area (Å²) in [5, 5.41) is 0. The van der Waals surface area contributed by atoms with Crippen LogP contribution in [0.25, 0.3) is 0 Å². The van der Waals surface area contributed by atoms with Crippen LogP contribution in [0.2, 0.25) is 0 Å². The molecule has 0 amide bonds. The zero-order valence-corrected chi connectivity index (χ0v) is 11.4. The van der Waals surface area contributed by atoms with E-state index in [-0.39, 0.29) is 6.04 Å². The minimum atomic E-state index is -0.0896. The first-order chi connectivity index (χ1) is 8.65. The number of nitrogens with zero attached hydrogens (tertiary/aromatic N) is 1. The molecule has 1 unspecified atom stereocenters. The average Bonchev–Trinajstić information content (AvgIpc) is 2.37. The highest BCUT2D eigenvalue weighted by molar-refractivity contribution is 5.61. The Bertz CT molecular complexity index is 421. The van der Waals surface area contributed by atoms with E-state index in [2.05, 4.69) is 17.7 Å². The summed E-state index contributed by atoms with van der Waals surface area (Å²) in [7, 11) is 1.66. The van der Waals surface area contributed by atoms with Crippen LogP contribution in [0, 0.1) is 12.3 Å². The molecule has 3 heteroatoms. The lowest BCUT2D eigenvalue weighted by Crippen LogP contribution is -2.26. The van der Waals surface area contributed by atoms with Crippen LogP contribution in [-0.4, -0.2) is 20.2 Å². The average molecular weight is 246 g/mol. The van der Waals surface area contributed by atoms with Gasteiger partial charge in [-0.25, -0.2) is 0 Å². The molecule has 2 N–H and O–H groups in total. The molecule has 0 aliphatic rings. The van der Waals surface area contributed by atoms with E-state index in [1.807, 2.05) is 25.1 Å². The zero-order valence-electron chi connectivity index (χ0n) is 11.4. The van der Waals surface area contributed by atoms with Crippen LogP contribution in [0.4, 0.5) is 5.69 Å². The number of ether oxygens (including phenoxy) is 1. The van der Waals surface area contributed by atoms with Gasteiger partial charge in [-0.1, -0.05) is 18.9 Å². The summed E-state index contributed by atoms with van der Waals surface area (Å²) in [6.45, 7) is 5.59. The van der Waals surface area contributed by atoms with E-state index in [4.69, 9.17) is 16.9 Å². The molecule has 1 aromatic carbocycles. The largest absolute Gasteiger partial charge is 0.496 e. The Morgan fingerprint density at radius 3 is 2.72 bits per heavy atom. The molecule has 0 aromatic heterocycles. The van der Waals surface area contributed by atoms with Gasteiger partial charge in [0.15, 0.2) is 0 Å². The van der Waals surface area contributed by atoms with Crippen molar-refractivity contribution in [3.8, 4) is 18.1 Å². The summed E-state index contributed by atoms with van der Waals surface area (Å²) in [6, 6.07) is 5.86. The quantitative estimate of drug-likeness (QED) is 0.784. The highest BCUT2D eigenvalue weighted by atomic mass is 16.5. The second-order valence-electron chi connectivity index (χ2n) is 4.31. The van der Waals surface area contributed by atoms with E-state index in [1.165, 1.54) is 0 Å². The molecule has 0 aliphatic heterocycles. The molecule has 0 heterocycles. The molecule has 0 spiro atoms. The third-order valence-electron chi connectivity index (χ3n) is 2.83. The molecule has 0 fully saturated rings. The summed E-state index contributed by atoms with van der Waals surface area (Å²) in [6.07, 6.45) is 6.48. The minimum absolute atomic E-state index is 0.0896. The predicted molar refractivity (Wildman–Crippen MR) is 76.9 cm³/mol. The fraction of sp³-hybridized carbons (Fsp3) is 0.467. The number of rotatable bonds is 6. The third-order valence-corrected chi connectivity index (χ3v) is 2.83. The van der Waals surface area contributed by atoms with Crippen LogP contribution < -0.4 is 15.4 Å². The summed E-state index contributed by atoms with van der Waals surface area (Å²) in [4.78, 5) is 2.17. The van der Waals surface area contributed by atoms with Gasteiger partial charge in [0.05, 0.1) is 13.7 Å². The molecule has 0 radical (unpaired) electrons. The summed E-state index contributed by atoms with van der Waals surface area (Å²) in [5.74, 6) is 3.52. The Morgan fingerprint density at radius 2 is 2.22 bits per heavy atom. The van der Waals surface area contributed by atoms with Crippen molar-refractivity contribution in [1.82, 2.24) is 0 Å². The topological polar surface area (TPSA) is 38.5 Å². The number of anilines is 1. The van der Waals surface area contributed by atoms with E-state index >= 15 is 0 Å². The Labute approximate surface area is 110 Å². The fourth-order valence-corrected chi connectivity index (χ4v) is 2.11. The molecule has 3 nitrogen and oxygen atoms in total. The van der Waals surface area contributed by atoms with Gasteiger partial charge in [-0.2, -0.15) is 0 Å². The molecule has 18 heavy (non-hydrogen) atoms. The maximum atomic E-state index is 6.06. The number of benzene rings is 1. The minimum Gasteiger partial charge on any atom is -0.496 e. The smallest absolute Gasteiger partial charge is 0.125 e. The lowest BCUT2D eigenvalue weighted by atomic mass is 10.0. The maximum Gasteiger partial charge on any atom is 0.125 e. The molecular formula is C15H22N2O. The monoisotopic (exact) mass is 246 g/mol. The van der Waals surface area contributed by atoms with Gasteiger partial charge in [-0.15, -0.1) is 6.42 Å². The van der Waals surface area contributed by atoms with Crippen LogP contribution in [0.5, 0.6) is 5.75 Å². The van der Waals surface area contributed by atoms with Crippen LogP contribution in [0.3, 0.4) is 0 Å². The standard InChI is InChI=1S/C15H22N2O/c1-5-10-17(11-6-2)13-8-7-9-14(18-4)15(13)12(3)16/h1,7-9,12H,6,10-11,16H2,2-4H3. The van der Waals surface area contributed by atoms with Crippen LogP contribution in [0.15, 0.2) is 18.2 Å². The van der Waals surface area contributed by atoms with Crippen molar-refractivity contribution in [2.75, 3.05) is 25.1 Å². The number of hydrogen-bond acceptors (Lipinski definition) is 3. The molecule has 1 rings (SSSR count). The lowest BCUT2D eigenvalue weighted by molar-refractivity contribution is 0.407. The van der Waals surface area contributed by atoms with E-state index in [1.54, 1.807) is 7.11 Å². The molecule has 0 aliphatic carbocycles. The van der Waals surface area contributed by atoms with Crippen molar-refractivity contribution in [2.45, 2.75) is 26.3 Å². The Hall–Kier alpha value is -1.66. The lowest BCUT2D eigenvalue weighted by Gasteiger charge is -2.27. The number of terminal acetylenes is 1. The number of hydrogen-bond donors (Lipinski definition) is 1. The highest BCUT2D eigenvalue weighted by Crippen LogP contribution is 2.33. The molecule has 0 saturated heterocycles. The van der Waals surface area contributed by atoms with E-state index < -0.39 is 0 Å². The van der Waals surface area contributed by atoms with Gasteiger partial charge in [-0.05, 0) is 25.5 Å². The Balaban J connectivity index is 3.24. The summed E-state index contributed by atoms with van der Waals surface area (Å²) in [5.41, 5.74) is 8.15. The van der Waals surface area contributed by atoms with Crippen molar-refractivity contribution in [2.24, 2.45) is 5.73 Å². The van der Waals surface area contributed by atoms with Gasteiger partial charge in [0, 0.05) is 23.8 Å². The molecule has 0 bridgehead atoms. The molecular weight excluding hydrogens is 224 g/mol. The van der Waals surface area contributed by atoms with Crippen molar-refractivity contribution >= 4 is 5.69 Å². The predicted octanol–water partition coefficient (Wildman–Crippen LogP) is 2.56. The van der Waals surface area contributed by atoms with Crippen molar-refractivity contribution in [3.05, 3.63) is 23.8 Å². The third kappa shape index (κ3) is 3.18. The summed E-state index contributed by atoms with van der Waals surface area (Å²) >= 11 is 0. The second-order valence-corrected chi connectivity index (χ2v) is 4.31. The van der Waals surface area contributed by atoms with Crippen LogP contribution in [0.1, 0.15) is 31.9 Å². The first kappa shape index (κ1) is 14.4. The maximum absolute atomic E-state index is 6.06. The zero-order chi connectivity index (χ0) is 13.5. The van der Waals surface area contributed by atoms with Gasteiger partial charge in [0.2, 0.25) is 0 Å². The highest BCUT2D eigenvalue weighted by Gasteiger charge is 2.16. The summed E-state index contributed by atoms with van der Waals surface area (Å²) < 4.78 is 5.40. The first-order valence-electron chi connectivity index (χ1n) is 6.26. The molecule has 98 valence electrons. The van der Waals surface area contributed by atoms with Gasteiger partial charge in [0.25, 0.3) is 0 Å². The van der Waals surface area contributed by atoms with Gasteiger partial charge >= 0.3 is 0 Å². The van der Waals surface area contributed by atoms with E-state index in [9.17, 15) is 0 Å². The van der Waals surface area contributed by atoms with Gasteiger partial charge in [-0.3, -0.25) is 0 Å². The molecule has 1 atom stereocenters. The van der Waals surface area contributed by atoms with Crippen molar-refractivity contribution in [1.29, 1.82) is 0 Å². The first-order valence-corrected chi connectivity index (χ1v) is 6.26. The SMILES string of the molecule is C#CCN(CCC)c1cccc(OC)c1C(C)N. The Morgan fingerprint density at radius 1 is 1.50 bits per heavy atom. The van der Waals surface area contributed by atoms with Crippen molar-refractivity contribution in [3.63, 3.8) is 0 Å². The Kier molecular flexibility index (Phi) is 5.54. The van der Waals surface area contributed by atoms with Gasteiger partial charge in [0.1, 0.15) is 5.75 Å².